The summed E-state index contributed by atoms with van der Waals surface area (Å²) in [6.07, 6.45) is 4.26. The number of halogens is 1. The molecule has 2 aromatic carbocycles. The Balaban J connectivity index is 1.47. The van der Waals surface area contributed by atoms with Crippen LogP contribution in [0.2, 0.25) is 0 Å². The lowest BCUT2D eigenvalue weighted by atomic mass is 10.1. The number of carbonyl (C=O) groups excluding carboxylic acids is 2. The molecular formula is C22H21FN4O3. The van der Waals surface area contributed by atoms with E-state index in [2.05, 4.69) is 15.5 Å². The fourth-order valence-electron chi connectivity index (χ4n) is 3.15. The number of nitrogens with one attached hydrogen (secondary N) is 1. The third kappa shape index (κ3) is 4.22. The summed E-state index contributed by atoms with van der Waals surface area (Å²) in [6, 6.07) is 11.5. The van der Waals surface area contributed by atoms with Gasteiger partial charge in [-0.25, -0.2) is 4.39 Å². The van der Waals surface area contributed by atoms with Crippen LogP contribution in [-0.2, 0) is 4.79 Å². The van der Waals surface area contributed by atoms with Crippen LogP contribution >= 0.6 is 0 Å². The monoisotopic (exact) mass is 408 g/mol. The average molecular weight is 408 g/mol. The van der Waals surface area contributed by atoms with Crippen LogP contribution in [0, 0.1) is 11.7 Å². The molecule has 1 aliphatic carbocycles. The molecule has 4 rings (SSSR count). The number of anilines is 1. The molecule has 0 bridgehead atoms. The molecule has 154 valence electrons. The van der Waals surface area contributed by atoms with Gasteiger partial charge >= 0.3 is 0 Å². The van der Waals surface area contributed by atoms with Crippen LogP contribution in [0.4, 0.5) is 10.1 Å². The number of benzene rings is 2. The third-order valence-corrected chi connectivity index (χ3v) is 4.97. The summed E-state index contributed by atoms with van der Waals surface area (Å²) in [7, 11) is 0. The molecule has 0 aliphatic heterocycles. The first-order valence-corrected chi connectivity index (χ1v) is 9.82. The zero-order valence-corrected chi connectivity index (χ0v) is 16.4. The molecule has 1 N–H and O–H groups in total. The molecule has 3 aromatic rings. The quantitative estimate of drug-likeness (QED) is 0.426. The van der Waals surface area contributed by atoms with Crippen LogP contribution < -0.4 is 10.1 Å². The second-order valence-corrected chi connectivity index (χ2v) is 7.16. The Morgan fingerprint density at radius 2 is 2.07 bits per heavy atom. The number of Topliss-reactive ketones (excluding diaryl/α,β-unsaturated/α-hetero) is 1. The number of carbonyl (C=O) groups is 2. The maximum atomic E-state index is 14.0. The fourth-order valence-corrected chi connectivity index (χ4v) is 3.15. The summed E-state index contributed by atoms with van der Waals surface area (Å²) in [4.78, 5) is 23.9. The molecule has 7 nitrogen and oxygen atoms in total. The predicted molar refractivity (Wildman–Crippen MR) is 108 cm³/mol. The topological polar surface area (TPSA) is 86.1 Å². The van der Waals surface area contributed by atoms with Crippen LogP contribution in [0.1, 0.15) is 48.3 Å². The lowest BCUT2D eigenvalue weighted by Crippen LogP contribution is -2.09. The fraction of sp³-hybridized carbons (Fsp3) is 0.273. The van der Waals surface area contributed by atoms with Gasteiger partial charge in [-0.2, -0.15) is 9.90 Å². The summed E-state index contributed by atoms with van der Waals surface area (Å²) in [5.74, 6) is 0.433. The standard InChI is InChI=1S/C22H21FN4O3/c1-2-21(30-17-8-5-15(6-9-17)22(29)14-3-4-14)20-12-25-27(26-20)16-7-10-19(24-13-28)18(23)11-16/h5-14,21H,2-4H2,1H3,(H,24,28). The number of hydrogen-bond acceptors (Lipinski definition) is 5. The zero-order chi connectivity index (χ0) is 21.1. The molecule has 1 saturated carbocycles. The van der Waals surface area contributed by atoms with Gasteiger partial charge in [0.2, 0.25) is 6.41 Å². The summed E-state index contributed by atoms with van der Waals surface area (Å²) < 4.78 is 20.1. The van der Waals surface area contributed by atoms with Crippen LogP contribution in [0.25, 0.3) is 5.69 Å². The highest BCUT2D eigenvalue weighted by Crippen LogP contribution is 2.33. The molecule has 1 aliphatic rings. The van der Waals surface area contributed by atoms with E-state index in [4.69, 9.17) is 4.74 Å². The second kappa shape index (κ2) is 8.44. The van der Waals surface area contributed by atoms with Crippen molar-refractivity contribution in [1.82, 2.24) is 15.0 Å². The van der Waals surface area contributed by atoms with Crippen molar-refractivity contribution in [2.24, 2.45) is 5.92 Å². The maximum Gasteiger partial charge on any atom is 0.211 e. The Morgan fingerprint density at radius 3 is 2.70 bits per heavy atom. The molecule has 0 radical (unpaired) electrons. The first-order valence-electron chi connectivity index (χ1n) is 9.82. The second-order valence-electron chi connectivity index (χ2n) is 7.16. The first kappa shape index (κ1) is 19.8. The largest absolute Gasteiger partial charge is 0.484 e. The van der Waals surface area contributed by atoms with Crippen molar-refractivity contribution in [2.45, 2.75) is 32.3 Å². The van der Waals surface area contributed by atoms with Crippen molar-refractivity contribution >= 4 is 17.9 Å². The third-order valence-electron chi connectivity index (χ3n) is 4.97. The number of amides is 1. The minimum absolute atomic E-state index is 0.0829. The van der Waals surface area contributed by atoms with Crippen molar-refractivity contribution in [3.05, 3.63) is 65.7 Å². The summed E-state index contributed by atoms with van der Waals surface area (Å²) in [6.45, 7) is 1.97. The van der Waals surface area contributed by atoms with E-state index in [0.29, 0.717) is 35.5 Å². The van der Waals surface area contributed by atoms with E-state index in [1.54, 1.807) is 36.5 Å². The molecule has 1 heterocycles. The highest BCUT2D eigenvalue weighted by atomic mass is 19.1. The van der Waals surface area contributed by atoms with Crippen LogP contribution in [0.3, 0.4) is 0 Å². The van der Waals surface area contributed by atoms with E-state index in [-0.39, 0.29) is 23.5 Å². The van der Waals surface area contributed by atoms with Gasteiger partial charge in [-0.3, -0.25) is 9.59 Å². The Kier molecular flexibility index (Phi) is 5.56. The summed E-state index contributed by atoms with van der Waals surface area (Å²) >= 11 is 0. The van der Waals surface area contributed by atoms with Gasteiger partial charge < -0.3 is 10.1 Å². The highest BCUT2D eigenvalue weighted by Gasteiger charge is 2.30. The van der Waals surface area contributed by atoms with Crippen molar-refractivity contribution < 1.29 is 18.7 Å². The van der Waals surface area contributed by atoms with Crippen LogP contribution in [0.15, 0.2) is 48.7 Å². The number of rotatable bonds is 9. The van der Waals surface area contributed by atoms with E-state index in [0.717, 1.165) is 12.8 Å². The number of nitrogens with zero attached hydrogens (tertiary/aromatic N) is 3. The van der Waals surface area contributed by atoms with E-state index in [1.165, 1.54) is 16.9 Å². The molecule has 1 amide bonds. The van der Waals surface area contributed by atoms with Crippen molar-refractivity contribution in [3.63, 3.8) is 0 Å². The lowest BCUT2D eigenvalue weighted by molar-refractivity contribution is -0.105. The molecule has 8 heteroatoms. The van der Waals surface area contributed by atoms with Gasteiger partial charge in [0.25, 0.3) is 0 Å². The van der Waals surface area contributed by atoms with Gasteiger partial charge in [0.05, 0.1) is 17.6 Å². The van der Waals surface area contributed by atoms with Gasteiger partial charge in [0.1, 0.15) is 23.4 Å². The Bertz CT molecular complexity index is 1060. The summed E-state index contributed by atoms with van der Waals surface area (Å²) in [5, 5.41) is 10.9. The molecule has 1 unspecified atom stereocenters. The molecule has 0 saturated heterocycles. The summed E-state index contributed by atoms with van der Waals surface area (Å²) in [5.41, 5.74) is 1.82. The predicted octanol–water partition coefficient (Wildman–Crippen LogP) is 4.10. The van der Waals surface area contributed by atoms with Gasteiger partial charge in [-0.05, 0) is 55.7 Å². The smallest absolute Gasteiger partial charge is 0.211 e. The maximum absolute atomic E-state index is 14.0. The molecule has 0 spiro atoms. The Hall–Kier alpha value is -3.55. The number of ether oxygens (including phenoxy) is 1. The van der Waals surface area contributed by atoms with Gasteiger partial charge in [-0.1, -0.05) is 6.92 Å². The van der Waals surface area contributed by atoms with Crippen LogP contribution in [0.5, 0.6) is 5.75 Å². The highest BCUT2D eigenvalue weighted by molar-refractivity contribution is 5.99. The Labute approximate surface area is 172 Å². The molecule has 1 atom stereocenters. The molecular weight excluding hydrogens is 387 g/mol. The van der Waals surface area contributed by atoms with Gasteiger partial charge in [0.15, 0.2) is 5.78 Å². The molecule has 30 heavy (non-hydrogen) atoms. The molecule has 1 aromatic heterocycles. The number of aromatic nitrogens is 3. The Morgan fingerprint density at radius 1 is 1.30 bits per heavy atom. The lowest BCUT2D eigenvalue weighted by Gasteiger charge is -2.15. The molecule has 1 fully saturated rings. The minimum Gasteiger partial charge on any atom is -0.484 e. The van der Waals surface area contributed by atoms with E-state index >= 15 is 0 Å². The van der Waals surface area contributed by atoms with Crippen molar-refractivity contribution in [2.75, 3.05) is 5.32 Å². The first-order chi connectivity index (χ1) is 14.6. The number of hydrogen-bond donors (Lipinski definition) is 1. The number of ketones is 1. The minimum atomic E-state index is -0.581. The van der Waals surface area contributed by atoms with Crippen LogP contribution in [-0.4, -0.2) is 27.2 Å². The van der Waals surface area contributed by atoms with E-state index < -0.39 is 5.82 Å². The zero-order valence-electron chi connectivity index (χ0n) is 16.4. The SMILES string of the molecule is CCC(Oc1ccc(C(=O)C2CC2)cc1)c1cnn(-c2ccc(NC=O)c(F)c2)n1. The normalized spacial score (nSPS) is 14.2. The van der Waals surface area contributed by atoms with E-state index in [1.807, 2.05) is 6.92 Å². The van der Waals surface area contributed by atoms with Gasteiger partial charge in [0, 0.05) is 17.5 Å². The van der Waals surface area contributed by atoms with Gasteiger partial charge in [-0.15, -0.1) is 5.10 Å². The van der Waals surface area contributed by atoms with Crippen molar-refractivity contribution in [1.29, 1.82) is 0 Å². The average Bonchev–Trinajstić information content (AvgIpc) is 3.50. The van der Waals surface area contributed by atoms with E-state index in [9.17, 15) is 14.0 Å². The van der Waals surface area contributed by atoms with Crippen molar-refractivity contribution in [3.8, 4) is 11.4 Å².